The van der Waals surface area contributed by atoms with Crippen LogP contribution in [0.3, 0.4) is 0 Å². The second kappa shape index (κ2) is 7.09. The maximum absolute atomic E-state index is 12.3. The Morgan fingerprint density at radius 2 is 1.57 bits per heavy atom. The highest BCUT2D eigenvalue weighted by Crippen LogP contribution is 2.22. The Bertz CT molecular complexity index is 700. The van der Waals surface area contributed by atoms with Crippen molar-refractivity contribution in [2.45, 2.75) is 33.8 Å². The summed E-state index contributed by atoms with van der Waals surface area (Å²) in [5.74, 6) is -0.852. The number of hydrogen-bond acceptors (Lipinski definition) is 3. The summed E-state index contributed by atoms with van der Waals surface area (Å²) in [6.45, 7) is 7.46. The number of nitrogens with one attached hydrogen (secondary N) is 1. The van der Waals surface area contributed by atoms with Gasteiger partial charge in [-0.1, -0.05) is 35.9 Å². The highest BCUT2D eigenvalue weighted by atomic mass is 16.5. The lowest BCUT2D eigenvalue weighted by Gasteiger charge is -2.17. The molecule has 2 aromatic rings. The van der Waals surface area contributed by atoms with Gasteiger partial charge >= 0.3 is 5.97 Å². The lowest BCUT2D eigenvalue weighted by atomic mass is 10.0. The molecular formula is C19H21NO3. The van der Waals surface area contributed by atoms with Crippen molar-refractivity contribution in [3.8, 4) is 0 Å². The van der Waals surface area contributed by atoms with Crippen LogP contribution in [-0.4, -0.2) is 18.0 Å². The van der Waals surface area contributed by atoms with E-state index < -0.39 is 12.1 Å². The van der Waals surface area contributed by atoms with Crippen LogP contribution in [0.1, 0.15) is 34.0 Å². The Kier molecular flexibility index (Phi) is 5.16. The summed E-state index contributed by atoms with van der Waals surface area (Å²) in [5, 5.41) is 2.85. The molecule has 4 nitrogen and oxygen atoms in total. The van der Waals surface area contributed by atoms with Crippen LogP contribution in [0.25, 0.3) is 0 Å². The third-order valence-electron chi connectivity index (χ3n) is 3.59. The average molecular weight is 311 g/mol. The summed E-state index contributed by atoms with van der Waals surface area (Å²) in [5.41, 5.74) is 4.30. The number of carbonyl (C=O) groups is 2. The minimum atomic E-state index is -0.872. The van der Waals surface area contributed by atoms with E-state index >= 15 is 0 Å². The van der Waals surface area contributed by atoms with Gasteiger partial charge in [0.05, 0.1) is 5.56 Å². The van der Waals surface area contributed by atoms with Gasteiger partial charge in [-0.05, 0) is 51.0 Å². The van der Waals surface area contributed by atoms with E-state index in [9.17, 15) is 9.59 Å². The van der Waals surface area contributed by atoms with Crippen molar-refractivity contribution in [3.05, 3.63) is 64.7 Å². The Balaban J connectivity index is 2.05. The largest absolute Gasteiger partial charge is 0.449 e. The molecule has 4 heteroatoms. The van der Waals surface area contributed by atoms with E-state index in [1.54, 1.807) is 31.2 Å². The van der Waals surface area contributed by atoms with Gasteiger partial charge in [0.1, 0.15) is 0 Å². The number of carbonyl (C=O) groups excluding carboxylic acids is 2. The molecule has 0 spiro atoms. The number of ether oxygens (including phenoxy) is 1. The molecule has 23 heavy (non-hydrogen) atoms. The van der Waals surface area contributed by atoms with Crippen molar-refractivity contribution < 1.29 is 14.3 Å². The molecule has 0 aliphatic rings. The minimum Gasteiger partial charge on any atom is -0.449 e. The Morgan fingerprint density at radius 3 is 2.13 bits per heavy atom. The van der Waals surface area contributed by atoms with Gasteiger partial charge in [0.15, 0.2) is 6.10 Å². The second-order valence-electron chi connectivity index (χ2n) is 5.68. The fraction of sp³-hybridized carbons (Fsp3) is 0.263. The molecule has 0 unspecified atom stereocenters. The number of anilines is 1. The quantitative estimate of drug-likeness (QED) is 0.874. The van der Waals surface area contributed by atoms with Gasteiger partial charge in [-0.25, -0.2) is 4.79 Å². The van der Waals surface area contributed by atoms with Crippen LogP contribution in [0.4, 0.5) is 5.69 Å². The molecule has 1 atom stereocenters. The molecule has 0 heterocycles. The normalized spacial score (nSPS) is 11.7. The molecule has 0 aliphatic heterocycles. The van der Waals surface area contributed by atoms with E-state index in [4.69, 9.17) is 4.74 Å². The van der Waals surface area contributed by atoms with Crippen LogP contribution >= 0.6 is 0 Å². The van der Waals surface area contributed by atoms with Gasteiger partial charge in [0.2, 0.25) is 0 Å². The zero-order valence-corrected chi connectivity index (χ0v) is 13.8. The van der Waals surface area contributed by atoms with Crippen molar-refractivity contribution in [1.82, 2.24) is 0 Å². The molecule has 1 amide bonds. The zero-order valence-electron chi connectivity index (χ0n) is 13.8. The van der Waals surface area contributed by atoms with Crippen molar-refractivity contribution in [3.63, 3.8) is 0 Å². The predicted molar refractivity (Wildman–Crippen MR) is 90.6 cm³/mol. The van der Waals surface area contributed by atoms with Crippen LogP contribution in [0.15, 0.2) is 42.5 Å². The smallest absolute Gasteiger partial charge is 0.338 e. The van der Waals surface area contributed by atoms with Gasteiger partial charge in [0, 0.05) is 5.69 Å². The number of aryl methyl sites for hydroxylation is 3. The first-order chi connectivity index (χ1) is 10.9. The van der Waals surface area contributed by atoms with Gasteiger partial charge < -0.3 is 10.1 Å². The van der Waals surface area contributed by atoms with E-state index in [-0.39, 0.29) is 5.91 Å². The first-order valence-corrected chi connectivity index (χ1v) is 7.53. The molecule has 2 rings (SSSR count). The molecule has 0 saturated carbocycles. The van der Waals surface area contributed by atoms with Crippen molar-refractivity contribution in [2.24, 2.45) is 0 Å². The monoisotopic (exact) mass is 311 g/mol. The minimum absolute atomic E-state index is 0.343. The molecule has 2 aromatic carbocycles. The molecule has 0 aromatic heterocycles. The topological polar surface area (TPSA) is 55.4 Å². The molecule has 0 fully saturated rings. The summed E-state index contributed by atoms with van der Waals surface area (Å²) in [7, 11) is 0. The number of esters is 1. The van der Waals surface area contributed by atoms with Crippen LogP contribution < -0.4 is 5.32 Å². The molecule has 120 valence electrons. The fourth-order valence-corrected chi connectivity index (χ4v) is 2.46. The number of hydrogen-bond donors (Lipinski definition) is 1. The summed E-state index contributed by atoms with van der Waals surface area (Å²) in [6.07, 6.45) is -0.872. The highest BCUT2D eigenvalue weighted by Gasteiger charge is 2.20. The summed E-state index contributed by atoms with van der Waals surface area (Å²) < 4.78 is 5.22. The van der Waals surface area contributed by atoms with Gasteiger partial charge in [-0.15, -0.1) is 0 Å². The maximum Gasteiger partial charge on any atom is 0.338 e. The van der Waals surface area contributed by atoms with Crippen LogP contribution in [0, 0.1) is 20.8 Å². The Morgan fingerprint density at radius 1 is 1.00 bits per heavy atom. The van der Waals surface area contributed by atoms with E-state index in [0.29, 0.717) is 5.56 Å². The van der Waals surface area contributed by atoms with E-state index in [0.717, 1.165) is 22.4 Å². The third kappa shape index (κ3) is 4.19. The number of benzene rings is 2. The maximum atomic E-state index is 12.3. The van der Waals surface area contributed by atoms with E-state index in [2.05, 4.69) is 5.32 Å². The molecule has 0 aliphatic carbocycles. The average Bonchev–Trinajstić information content (AvgIpc) is 2.51. The van der Waals surface area contributed by atoms with Crippen molar-refractivity contribution in [1.29, 1.82) is 0 Å². The summed E-state index contributed by atoms with van der Waals surface area (Å²) in [4.78, 5) is 24.3. The highest BCUT2D eigenvalue weighted by molar-refractivity contribution is 5.98. The summed E-state index contributed by atoms with van der Waals surface area (Å²) >= 11 is 0. The molecule has 0 saturated heterocycles. The lowest BCUT2D eigenvalue weighted by molar-refractivity contribution is -0.123. The van der Waals surface area contributed by atoms with Crippen molar-refractivity contribution >= 4 is 17.6 Å². The van der Waals surface area contributed by atoms with Crippen LogP contribution in [0.2, 0.25) is 0 Å². The van der Waals surface area contributed by atoms with Gasteiger partial charge in [-0.2, -0.15) is 0 Å². The SMILES string of the molecule is Cc1cc(C)c(NC(=O)[C@H](C)OC(=O)c2ccccc2)c(C)c1. The zero-order chi connectivity index (χ0) is 17.0. The number of amides is 1. The predicted octanol–water partition coefficient (Wildman–Crippen LogP) is 3.80. The lowest BCUT2D eigenvalue weighted by Crippen LogP contribution is -2.30. The van der Waals surface area contributed by atoms with E-state index in [1.807, 2.05) is 39.0 Å². The van der Waals surface area contributed by atoms with Crippen molar-refractivity contribution in [2.75, 3.05) is 5.32 Å². The molecule has 0 bridgehead atoms. The number of rotatable bonds is 4. The van der Waals surface area contributed by atoms with Gasteiger partial charge in [-0.3, -0.25) is 4.79 Å². The van der Waals surface area contributed by atoms with Gasteiger partial charge in [0.25, 0.3) is 5.91 Å². The Labute approximate surface area is 136 Å². The second-order valence-corrected chi connectivity index (χ2v) is 5.68. The third-order valence-corrected chi connectivity index (χ3v) is 3.59. The van der Waals surface area contributed by atoms with E-state index in [1.165, 1.54) is 0 Å². The first-order valence-electron chi connectivity index (χ1n) is 7.53. The molecule has 0 radical (unpaired) electrons. The Hall–Kier alpha value is -2.62. The fourth-order valence-electron chi connectivity index (χ4n) is 2.46. The first kappa shape index (κ1) is 16.7. The van der Waals surface area contributed by atoms with Crippen LogP contribution in [-0.2, 0) is 9.53 Å². The molecular weight excluding hydrogens is 290 g/mol. The van der Waals surface area contributed by atoms with Crippen LogP contribution in [0.5, 0.6) is 0 Å². The summed E-state index contributed by atoms with van der Waals surface area (Å²) in [6, 6.07) is 12.6. The standard InChI is InChI=1S/C19H21NO3/c1-12-10-13(2)17(14(3)11-12)20-18(21)15(4)23-19(22)16-8-6-5-7-9-16/h5-11,15H,1-4H3,(H,20,21)/t15-/m0/s1. The molecule has 1 N–H and O–H groups in total.